The number of nitrogens with zero attached hydrogens (tertiary/aromatic N) is 1. The molecule has 6 nitrogen and oxygen atoms in total. The third-order valence-electron chi connectivity index (χ3n) is 3.48. The molecule has 0 radical (unpaired) electrons. The highest BCUT2D eigenvalue weighted by molar-refractivity contribution is 5.97. The predicted octanol–water partition coefficient (Wildman–Crippen LogP) is 0.411. The average Bonchev–Trinajstić information content (AvgIpc) is 2.62. The van der Waals surface area contributed by atoms with E-state index in [1.807, 2.05) is 6.07 Å². The normalized spacial score (nSPS) is 29.7. The van der Waals surface area contributed by atoms with Gasteiger partial charge in [0.05, 0.1) is 25.9 Å². The average molecular weight is 253 g/mol. The zero-order valence-electron chi connectivity index (χ0n) is 10.2. The van der Waals surface area contributed by atoms with Crippen molar-refractivity contribution in [2.75, 3.05) is 19.8 Å². The highest BCUT2D eigenvalue weighted by Crippen LogP contribution is 2.44. The monoisotopic (exact) mass is 253 g/mol. The highest BCUT2D eigenvalue weighted by atomic mass is 16.6. The number of ether oxygens (including phenoxy) is 3. The lowest BCUT2D eigenvalue weighted by Crippen LogP contribution is -2.43. The minimum absolute atomic E-state index is 0.177. The largest absolute Gasteiger partial charge is 0.465 e. The molecule has 0 bridgehead atoms. The smallest absolute Gasteiger partial charge is 0.322 e. The third-order valence-corrected chi connectivity index (χ3v) is 3.48. The molecule has 2 heterocycles. The highest BCUT2D eigenvalue weighted by Gasteiger charge is 2.59. The van der Waals surface area contributed by atoms with Crippen LogP contribution in [0.2, 0.25) is 0 Å². The van der Waals surface area contributed by atoms with E-state index >= 15 is 0 Å². The summed E-state index contributed by atoms with van der Waals surface area (Å²) in [5.41, 5.74) is -0.874. The van der Waals surface area contributed by atoms with E-state index in [4.69, 9.17) is 14.2 Å². The van der Waals surface area contributed by atoms with Crippen molar-refractivity contribution in [2.24, 2.45) is 11.8 Å². The lowest BCUT2D eigenvalue weighted by Gasteiger charge is -2.34. The summed E-state index contributed by atoms with van der Waals surface area (Å²) in [6, 6.07) is 2.04. The van der Waals surface area contributed by atoms with Crippen LogP contribution in [-0.2, 0) is 23.8 Å². The van der Waals surface area contributed by atoms with Crippen molar-refractivity contribution in [3.8, 4) is 6.07 Å². The van der Waals surface area contributed by atoms with Crippen LogP contribution in [0.15, 0.2) is 0 Å². The molecule has 1 spiro atoms. The maximum Gasteiger partial charge on any atom is 0.322 e. The van der Waals surface area contributed by atoms with Gasteiger partial charge in [0.15, 0.2) is 5.92 Å². The van der Waals surface area contributed by atoms with Crippen LogP contribution in [0, 0.1) is 23.2 Å². The van der Waals surface area contributed by atoms with Crippen LogP contribution >= 0.6 is 0 Å². The minimum Gasteiger partial charge on any atom is -0.465 e. The summed E-state index contributed by atoms with van der Waals surface area (Å²) in [6.45, 7) is 2.70. The van der Waals surface area contributed by atoms with Crippen LogP contribution in [0.1, 0.15) is 19.8 Å². The van der Waals surface area contributed by atoms with Gasteiger partial charge in [-0.15, -0.1) is 0 Å². The molecule has 18 heavy (non-hydrogen) atoms. The van der Waals surface area contributed by atoms with Gasteiger partial charge in [0.1, 0.15) is 11.5 Å². The summed E-state index contributed by atoms with van der Waals surface area (Å²) in [5, 5.41) is 9.26. The lowest BCUT2D eigenvalue weighted by molar-refractivity contribution is -0.161. The van der Waals surface area contributed by atoms with E-state index in [2.05, 4.69) is 0 Å². The van der Waals surface area contributed by atoms with Crippen molar-refractivity contribution in [3.05, 3.63) is 0 Å². The number of hydrogen-bond acceptors (Lipinski definition) is 6. The Morgan fingerprint density at radius 1 is 1.56 bits per heavy atom. The van der Waals surface area contributed by atoms with Gasteiger partial charge in [-0.25, -0.2) is 0 Å². The molecule has 2 saturated heterocycles. The van der Waals surface area contributed by atoms with Gasteiger partial charge in [0.25, 0.3) is 0 Å². The van der Waals surface area contributed by atoms with Crippen LogP contribution in [-0.4, -0.2) is 37.4 Å². The molecule has 0 amide bonds. The zero-order valence-corrected chi connectivity index (χ0v) is 10.2. The molecular weight excluding hydrogens is 238 g/mol. The second-order valence-corrected chi connectivity index (χ2v) is 4.43. The molecule has 0 saturated carbocycles. The van der Waals surface area contributed by atoms with Crippen molar-refractivity contribution in [1.29, 1.82) is 5.26 Å². The first-order valence-electron chi connectivity index (χ1n) is 6.01. The summed E-state index contributed by atoms with van der Waals surface area (Å²) < 4.78 is 15.4. The number of carbonyl (C=O) groups is 2. The quantitative estimate of drug-likeness (QED) is 0.523. The van der Waals surface area contributed by atoms with Gasteiger partial charge in [-0.1, -0.05) is 0 Å². The van der Waals surface area contributed by atoms with Gasteiger partial charge >= 0.3 is 11.9 Å². The molecule has 0 aromatic rings. The minimum atomic E-state index is -1.12. The summed E-state index contributed by atoms with van der Waals surface area (Å²) >= 11 is 0. The maximum absolute atomic E-state index is 11.8. The number of nitriles is 1. The van der Waals surface area contributed by atoms with Crippen molar-refractivity contribution < 1.29 is 23.8 Å². The second-order valence-electron chi connectivity index (χ2n) is 4.43. The number of hydrogen-bond donors (Lipinski definition) is 0. The van der Waals surface area contributed by atoms with Gasteiger partial charge in [-0.05, 0) is 6.92 Å². The summed E-state index contributed by atoms with van der Waals surface area (Å²) in [4.78, 5) is 23.6. The molecule has 0 aliphatic carbocycles. The fourth-order valence-electron chi connectivity index (χ4n) is 2.55. The van der Waals surface area contributed by atoms with Crippen LogP contribution in [0.4, 0.5) is 0 Å². The Labute approximate surface area is 105 Å². The van der Waals surface area contributed by atoms with Gasteiger partial charge < -0.3 is 14.2 Å². The van der Waals surface area contributed by atoms with E-state index in [1.165, 1.54) is 0 Å². The molecule has 98 valence electrons. The van der Waals surface area contributed by atoms with E-state index in [0.717, 1.165) is 0 Å². The molecule has 2 atom stereocenters. The number of rotatable bonds is 2. The first-order valence-corrected chi connectivity index (χ1v) is 6.01. The second kappa shape index (κ2) is 4.94. The Bertz CT molecular complexity index is 394. The van der Waals surface area contributed by atoms with Crippen LogP contribution in [0.25, 0.3) is 0 Å². The van der Waals surface area contributed by atoms with E-state index in [-0.39, 0.29) is 6.61 Å². The maximum atomic E-state index is 11.8. The lowest BCUT2D eigenvalue weighted by atomic mass is 9.77. The van der Waals surface area contributed by atoms with Crippen LogP contribution in [0.5, 0.6) is 0 Å². The molecule has 0 aromatic carbocycles. The molecule has 0 unspecified atom stereocenters. The Morgan fingerprint density at radius 2 is 2.22 bits per heavy atom. The zero-order chi connectivity index (χ0) is 13.2. The van der Waals surface area contributed by atoms with E-state index < -0.39 is 29.4 Å². The molecule has 2 aliphatic rings. The Hall–Kier alpha value is -1.61. The molecular formula is C12H15NO5. The third kappa shape index (κ3) is 1.95. The summed E-state index contributed by atoms with van der Waals surface area (Å²) in [5.74, 6) is -3.22. The van der Waals surface area contributed by atoms with Gasteiger partial charge in [0, 0.05) is 12.8 Å². The van der Waals surface area contributed by atoms with Gasteiger partial charge in [-0.3, -0.25) is 9.59 Å². The topological polar surface area (TPSA) is 85.6 Å². The number of carbonyl (C=O) groups excluding carboxylic acids is 2. The standard InChI is InChI=1S/C12H15NO5/c1-2-17-10(14)9-8(7-13)12(18-11(9)15)3-5-16-6-4-12/h8-9H,2-6H2,1H3/t8-,9+/m1/s1. The molecule has 2 fully saturated rings. The SMILES string of the molecule is CCOC(=O)[C@H]1C(=O)OC2(CCOCC2)[C@@H]1C#N. The molecule has 0 N–H and O–H groups in total. The molecule has 6 heteroatoms. The molecule has 0 aromatic heterocycles. The predicted molar refractivity (Wildman–Crippen MR) is 58.1 cm³/mol. The molecule has 2 rings (SSSR count). The Kier molecular flexibility index (Phi) is 3.53. The first kappa shape index (κ1) is 12.8. The Morgan fingerprint density at radius 3 is 2.78 bits per heavy atom. The van der Waals surface area contributed by atoms with Crippen LogP contribution in [0.3, 0.4) is 0 Å². The van der Waals surface area contributed by atoms with Crippen molar-refractivity contribution >= 4 is 11.9 Å². The van der Waals surface area contributed by atoms with E-state index in [0.29, 0.717) is 26.1 Å². The van der Waals surface area contributed by atoms with Gasteiger partial charge in [-0.2, -0.15) is 5.26 Å². The Balaban J connectivity index is 2.24. The van der Waals surface area contributed by atoms with Crippen molar-refractivity contribution in [1.82, 2.24) is 0 Å². The summed E-state index contributed by atoms with van der Waals surface area (Å²) in [7, 11) is 0. The van der Waals surface area contributed by atoms with E-state index in [9.17, 15) is 14.9 Å². The fourth-order valence-corrected chi connectivity index (χ4v) is 2.55. The van der Waals surface area contributed by atoms with E-state index in [1.54, 1.807) is 6.92 Å². The van der Waals surface area contributed by atoms with Crippen LogP contribution < -0.4 is 0 Å². The number of esters is 2. The van der Waals surface area contributed by atoms with Crippen molar-refractivity contribution in [2.45, 2.75) is 25.4 Å². The summed E-state index contributed by atoms with van der Waals surface area (Å²) in [6.07, 6.45) is 0.903. The molecule has 2 aliphatic heterocycles. The van der Waals surface area contributed by atoms with Gasteiger partial charge in [0.2, 0.25) is 0 Å². The fraction of sp³-hybridized carbons (Fsp3) is 0.750. The van der Waals surface area contributed by atoms with Crippen molar-refractivity contribution in [3.63, 3.8) is 0 Å². The first-order chi connectivity index (χ1) is 8.64.